The van der Waals surface area contributed by atoms with E-state index < -0.39 is 11.9 Å². The molecule has 0 saturated carbocycles. The number of benzene rings is 1. The molecule has 1 aliphatic heterocycles. The van der Waals surface area contributed by atoms with Crippen LogP contribution in [0.25, 0.3) is 11.1 Å². The highest BCUT2D eigenvalue weighted by Gasteiger charge is 2.31. The van der Waals surface area contributed by atoms with Crippen LogP contribution in [0.15, 0.2) is 36.5 Å². The lowest BCUT2D eigenvalue weighted by molar-refractivity contribution is 0.139. The normalized spacial score (nSPS) is 16.3. The Hall–Kier alpha value is -3.56. The van der Waals surface area contributed by atoms with E-state index in [0.29, 0.717) is 35.1 Å². The van der Waals surface area contributed by atoms with E-state index in [1.54, 1.807) is 37.5 Å². The summed E-state index contributed by atoms with van der Waals surface area (Å²) in [7, 11) is 1.66. The number of pyridine rings is 1. The zero-order valence-electron chi connectivity index (χ0n) is 15.3. The van der Waals surface area contributed by atoms with Crippen molar-refractivity contribution in [1.82, 2.24) is 25.2 Å². The van der Waals surface area contributed by atoms with Gasteiger partial charge in [0.05, 0.1) is 19.3 Å². The molecule has 0 unspecified atom stereocenters. The molecule has 1 amide bonds. The number of anilines is 3. The molecule has 10 heteroatoms. The number of carbonyl (C=O) groups is 1. The fourth-order valence-electron chi connectivity index (χ4n) is 2.93. The van der Waals surface area contributed by atoms with Gasteiger partial charge >= 0.3 is 6.09 Å². The number of tetrazole rings is 1. The number of hydrogen-bond donors (Lipinski definition) is 1. The number of carbonyl (C=O) groups excluding carboxylic acids is 1. The maximum Gasteiger partial charge on any atom is 0.414 e. The molecule has 2 aromatic heterocycles. The van der Waals surface area contributed by atoms with Crippen LogP contribution in [-0.2, 0) is 11.8 Å². The lowest BCUT2D eigenvalue weighted by atomic mass is 10.1. The lowest BCUT2D eigenvalue weighted by Crippen LogP contribution is -2.24. The standard InChI is InChI=1S/C18H18FN7O2/c1-3-13-10-26(18(27)28-13)12-5-6-14(15(19)8-12)11-4-7-16(20-9-11)21-17-22-24-25(2)23-17/h4-9,13H,3,10H2,1-2H3,(H,20,21,23)/t13-/m0/s1. The predicted octanol–water partition coefficient (Wildman–Crippen LogP) is 2.89. The van der Waals surface area contributed by atoms with Crippen molar-refractivity contribution in [2.75, 3.05) is 16.8 Å². The molecule has 1 aromatic carbocycles. The largest absolute Gasteiger partial charge is 0.444 e. The minimum atomic E-state index is -0.450. The van der Waals surface area contributed by atoms with Crippen LogP contribution in [0.1, 0.15) is 13.3 Å². The van der Waals surface area contributed by atoms with Gasteiger partial charge in [0.25, 0.3) is 5.95 Å². The van der Waals surface area contributed by atoms with Crippen molar-refractivity contribution in [3.8, 4) is 11.1 Å². The second-order valence-electron chi connectivity index (χ2n) is 6.35. The monoisotopic (exact) mass is 383 g/mol. The number of nitrogens with zero attached hydrogens (tertiary/aromatic N) is 6. The van der Waals surface area contributed by atoms with Gasteiger partial charge in [0.2, 0.25) is 0 Å². The zero-order valence-corrected chi connectivity index (χ0v) is 15.3. The third-order valence-corrected chi connectivity index (χ3v) is 4.42. The Morgan fingerprint density at radius 3 is 2.79 bits per heavy atom. The molecule has 0 aliphatic carbocycles. The first-order chi connectivity index (χ1) is 13.5. The molecule has 1 fully saturated rings. The van der Waals surface area contributed by atoms with Gasteiger partial charge in [0.15, 0.2) is 0 Å². The number of amides is 1. The highest BCUT2D eigenvalue weighted by Crippen LogP contribution is 2.29. The predicted molar refractivity (Wildman–Crippen MR) is 99.6 cm³/mol. The summed E-state index contributed by atoms with van der Waals surface area (Å²) in [6.07, 6.45) is 1.66. The van der Waals surface area contributed by atoms with Gasteiger partial charge in [0, 0.05) is 17.3 Å². The van der Waals surface area contributed by atoms with E-state index in [0.717, 1.165) is 6.42 Å². The molecule has 9 nitrogen and oxygen atoms in total. The summed E-state index contributed by atoms with van der Waals surface area (Å²) >= 11 is 0. The molecule has 1 aliphatic rings. The Morgan fingerprint density at radius 2 is 2.18 bits per heavy atom. The third-order valence-electron chi connectivity index (χ3n) is 4.42. The summed E-state index contributed by atoms with van der Waals surface area (Å²) in [6.45, 7) is 2.36. The average Bonchev–Trinajstić information content (AvgIpc) is 3.27. The van der Waals surface area contributed by atoms with Crippen LogP contribution in [0.4, 0.5) is 26.6 Å². The minimum absolute atomic E-state index is 0.164. The van der Waals surface area contributed by atoms with Crippen molar-refractivity contribution in [2.45, 2.75) is 19.4 Å². The molecule has 1 saturated heterocycles. The molecule has 1 atom stereocenters. The number of nitrogens with one attached hydrogen (secondary N) is 1. The van der Waals surface area contributed by atoms with E-state index in [9.17, 15) is 9.18 Å². The molecule has 28 heavy (non-hydrogen) atoms. The molecule has 0 bridgehead atoms. The molecule has 3 heterocycles. The molecule has 3 aromatic rings. The third kappa shape index (κ3) is 3.48. The first kappa shape index (κ1) is 17.8. The molecule has 0 radical (unpaired) electrons. The van der Waals surface area contributed by atoms with Crippen LogP contribution in [-0.4, -0.2) is 43.9 Å². The molecule has 4 rings (SSSR count). The molecule has 144 valence electrons. The maximum absolute atomic E-state index is 14.7. The Bertz CT molecular complexity index is 1010. The van der Waals surface area contributed by atoms with Gasteiger partial charge in [-0.1, -0.05) is 12.0 Å². The van der Waals surface area contributed by atoms with E-state index in [2.05, 4.69) is 25.7 Å². The van der Waals surface area contributed by atoms with E-state index in [1.807, 2.05) is 6.92 Å². The van der Waals surface area contributed by atoms with Crippen LogP contribution in [0.5, 0.6) is 0 Å². The van der Waals surface area contributed by atoms with Gasteiger partial charge in [-0.05, 0) is 42.0 Å². The lowest BCUT2D eigenvalue weighted by Gasteiger charge is -2.14. The highest BCUT2D eigenvalue weighted by molar-refractivity contribution is 5.90. The van der Waals surface area contributed by atoms with E-state index in [1.165, 1.54) is 15.8 Å². The van der Waals surface area contributed by atoms with Crippen molar-refractivity contribution in [3.63, 3.8) is 0 Å². The summed E-state index contributed by atoms with van der Waals surface area (Å²) in [5.74, 6) is 0.392. The summed E-state index contributed by atoms with van der Waals surface area (Å²) in [5, 5.41) is 14.5. The van der Waals surface area contributed by atoms with Crippen molar-refractivity contribution in [2.24, 2.45) is 7.05 Å². The first-order valence-electron chi connectivity index (χ1n) is 8.78. The van der Waals surface area contributed by atoms with Crippen molar-refractivity contribution < 1.29 is 13.9 Å². The van der Waals surface area contributed by atoms with Crippen molar-refractivity contribution in [3.05, 3.63) is 42.3 Å². The molecule has 0 spiro atoms. The first-order valence-corrected chi connectivity index (χ1v) is 8.78. The smallest absolute Gasteiger partial charge is 0.414 e. The van der Waals surface area contributed by atoms with Gasteiger partial charge in [-0.3, -0.25) is 4.90 Å². The van der Waals surface area contributed by atoms with Crippen molar-refractivity contribution in [1.29, 1.82) is 0 Å². The van der Waals surface area contributed by atoms with Gasteiger partial charge in [-0.2, -0.15) is 4.80 Å². The van der Waals surface area contributed by atoms with Gasteiger partial charge in [-0.25, -0.2) is 14.2 Å². The Labute approximate surface area is 160 Å². The fraction of sp³-hybridized carbons (Fsp3) is 0.278. The number of rotatable bonds is 5. The maximum atomic E-state index is 14.7. The fourth-order valence-corrected chi connectivity index (χ4v) is 2.93. The topological polar surface area (TPSA) is 98.1 Å². The van der Waals surface area contributed by atoms with Gasteiger partial charge < -0.3 is 10.1 Å². The summed E-state index contributed by atoms with van der Waals surface area (Å²) < 4.78 is 19.9. The van der Waals surface area contributed by atoms with Crippen LogP contribution >= 0.6 is 0 Å². The second-order valence-corrected chi connectivity index (χ2v) is 6.35. The number of halogens is 1. The van der Waals surface area contributed by atoms with Crippen LogP contribution in [0.3, 0.4) is 0 Å². The zero-order chi connectivity index (χ0) is 19.7. The number of ether oxygens (including phenoxy) is 1. The average molecular weight is 383 g/mol. The quantitative estimate of drug-likeness (QED) is 0.723. The minimum Gasteiger partial charge on any atom is -0.444 e. The van der Waals surface area contributed by atoms with Crippen LogP contribution < -0.4 is 10.2 Å². The van der Waals surface area contributed by atoms with Crippen molar-refractivity contribution >= 4 is 23.5 Å². The molecule has 1 N–H and O–H groups in total. The number of aryl methyl sites for hydroxylation is 1. The van der Waals surface area contributed by atoms with Crippen LogP contribution in [0, 0.1) is 5.82 Å². The summed E-state index contributed by atoms with van der Waals surface area (Å²) in [6, 6.07) is 8.10. The van der Waals surface area contributed by atoms with E-state index in [-0.39, 0.29) is 6.10 Å². The summed E-state index contributed by atoms with van der Waals surface area (Å²) in [5.41, 5.74) is 1.47. The highest BCUT2D eigenvalue weighted by atomic mass is 19.1. The number of hydrogen-bond acceptors (Lipinski definition) is 7. The summed E-state index contributed by atoms with van der Waals surface area (Å²) in [4.78, 5) is 19.0. The Morgan fingerprint density at radius 1 is 1.32 bits per heavy atom. The molecular weight excluding hydrogens is 365 g/mol. The van der Waals surface area contributed by atoms with Gasteiger partial charge in [-0.15, -0.1) is 5.10 Å². The van der Waals surface area contributed by atoms with E-state index >= 15 is 0 Å². The molecular formula is C18H18FN7O2. The van der Waals surface area contributed by atoms with Crippen LogP contribution in [0.2, 0.25) is 0 Å². The number of aromatic nitrogens is 5. The Kier molecular flexibility index (Phi) is 4.60. The van der Waals surface area contributed by atoms with E-state index in [4.69, 9.17) is 4.74 Å². The second kappa shape index (κ2) is 7.22. The number of cyclic esters (lactones) is 1. The Balaban J connectivity index is 1.52. The van der Waals surface area contributed by atoms with Gasteiger partial charge in [0.1, 0.15) is 17.7 Å². The SMILES string of the molecule is CC[C@H]1CN(c2ccc(-c3ccc(Nc4nnn(C)n4)nc3)c(F)c2)C(=O)O1.